The molecule has 28 heavy (non-hydrogen) atoms. The van der Waals surface area contributed by atoms with Crippen molar-refractivity contribution >= 4 is 5.97 Å². The molecule has 3 aliphatic rings. The van der Waals surface area contributed by atoms with Crippen LogP contribution in [0.15, 0.2) is 24.3 Å². The molecule has 1 saturated heterocycles. The number of quaternary nitrogens is 1. The third kappa shape index (κ3) is 3.86. The number of likely N-dealkylation sites (N-methyl/N-ethyl adjacent to an activating group) is 1. The Kier molecular flexibility index (Phi) is 5.54. The van der Waals surface area contributed by atoms with Crippen LogP contribution in [0, 0.1) is 5.92 Å². The first-order valence-electron chi connectivity index (χ1n) is 11.2. The standard InChI is InChI=1S/C24H36NO3/c1-25(2)16-15-22(17-25)28-23(26)24(27,20-9-5-6-10-20)21-13-11-19(12-14-21)18-7-3-4-8-18/h11-14,18,20,22,27H,3-10,15-17H2,1-2H3/q+1. The molecule has 0 spiro atoms. The third-order valence-corrected chi connectivity index (χ3v) is 7.46. The predicted molar refractivity (Wildman–Crippen MR) is 110 cm³/mol. The minimum Gasteiger partial charge on any atom is -0.454 e. The zero-order valence-corrected chi connectivity index (χ0v) is 17.5. The fraction of sp³-hybridized carbons (Fsp3) is 0.708. The van der Waals surface area contributed by atoms with Crippen LogP contribution in [0.4, 0.5) is 0 Å². The van der Waals surface area contributed by atoms with Gasteiger partial charge in [0.25, 0.3) is 0 Å². The van der Waals surface area contributed by atoms with Crippen molar-refractivity contribution in [3.63, 3.8) is 0 Å². The summed E-state index contributed by atoms with van der Waals surface area (Å²) in [5, 5.41) is 11.7. The molecule has 1 aromatic carbocycles. The Morgan fingerprint density at radius 1 is 1.00 bits per heavy atom. The van der Waals surface area contributed by atoms with E-state index in [1.165, 1.54) is 31.2 Å². The van der Waals surface area contributed by atoms with Gasteiger partial charge in [0.15, 0.2) is 11.7 Å². The van der Waals surface area contributed by atoms with Crippen molar-refractivity contribution < 1.29 is 19.1 Å². The zero-order chi connectivity index (χ0) is 19.8. The summed E-state index contributed by atoms with van der Waals surface area (Å²) in [4.78, 5) is 13.3. The van der Waals surface area contributed by atoms with E-state index in [0.717, 1.165) is 55.2 Å². The lowest BCUT2D eigenvalue weighted by Gasteiger charge is -2.33. The van der Waals surface area contributed by atoms with E-state index >= 15 is 0 Å². The maximum atomic E-state index is 13.3. The number of hydrogen-bond donors (Lipinski definition) is 1. The van der Waals surface area contributed by atoms with Gasteiger partial charge in [-0.1, -0.05) is 49.9 Å². The predicted octanol–water partition coefficient (Wildman–Crippen LogP) is 4.11. The molecular weight excluding hydrogens is 350 g/mol. The van der Waals surface area contributed by atoms with E-state index in [0.29, 0.717) is 5.92 Å². The van der Waals surface area contributed by atoms with Gasteiger partial charge in [-0.05, 0) is 42.7 Å². The fourth-order valence-corrected chi connectivity index (χ4v) is 5.70. The van der Waals surface area contributed by atoms with Gasteiger partial charge in [-0.3, -0.25) is 0 Å². The highest BCUT2D eigenvalue weighted by molar-refractivity contribution is 5.82. The molecule has 2 unspecified atom stereocenters. The van der Waals surface area contributed by atoms with E-state index in [2.05, 4.69) is 26.2 Å². The number of aliphatic hydroxyl groups is 1. The second-order valence-electron chi connectivity index (χ2n) is 10.0. The molecule has 0 amide bonds. The van der Waals surface area contributed by atoms with Crippen molar-refractivity contribution in [1.29, 1.82) is 0 Å². The molecule has 0 aromatic heterocycles. The number of carbonyl (C=O) groups excluding carboxylic acids is 1. The summed E-state index contributed by atoms with van der Waals surface area (Å²) in [6, 6.07) is 8.24. The average Bonchev–Trinajstić information content (AvgIpc) is 3.43. The summed E-state index contributed by atoms with van der Waals surface area (Å²) < 4.78 is 6.78. The minimum absolute atomic E-state index is 0.0405. The second-order valence-corrected chi connectivity index (χ2v) is 10.0. The Morgan fingerprint density at radius 2 is 1.61 bits per heavy atom. The number of nitrogens with zero attached hydrogens (tertiary/aromatic N) is 1. The fourth-order valence-electron chi connectivity index (χ4n) is 5.70. The molecule has 0 bridgehead atoms. The van der Waals surface area contributed by atoms with Gasteiger partial charge >= 0.3 is 5.97 Å². The SMILES string of the molecule is C[N+]1(C)CCC(OC(=O)C(O)(c2ccc(C3CCCC3)cc2)C2CCCC2)C1. The maximum Gasteiger partial charge on any atom is 0.343 e. The lowest BCUT2D eigenvalue weighted by molar-refractivity contribution is -0.879. The van der Waals surface area contributed by atoms with E-state index < -0.39 is 11.6 Å². The van der Waals surface area contributed by atoms with Gasteiger partial charge in [-0.2, -0.15) is 0 Å². The molecule has 1 aliphatic heterocycles. The summed E-state index contributed by atoms with van der Waals surface area (Å²) in [6.07, 6.45) is 9.84. The topological polar surface area (TPSA) is 46.5 Å². The first-order valence-corrected chi connectivity index (χ1v) is 11.2. The first kappa shape index (κ1) is 19.9. The van der Waals surface area contributed by atoms with Crippen LogP contribution in [0.5, 0.6) is 0 Å². The van der Waals surface area contributed by atoms with Crippen LogP contribution in [0.2, 0.25) is 0 Å². The highest BCUT2D eigenvalue weighted by Crippen LogP contribution is 2.43. The third-order valence-electron chi connectivity index (χ3n) is 7.46. The molecule has 0 radical (unpaired) electrons. The normalized spacial score (nSPS) is 27.8. The number of ether oxygens (including phenoxy) is 1. The van der Waals surface area contributed by atoms with Crippen LogP contribution in [-0.2, 0) is 15.1 Å². The Morgan fingerprint density at radius 3 is 2.18 bits per heavy atom. The number of hydrogen-bond acceptors (Lipinski definition) is 3. The van der Waals surface area contributed by atoms with Crippen LogP contribution < -0.4 is 0 Å². The van der Waals surface area contributed by atoms with Crippen LogP contribution in [-0.4, -0.2) is 48.8 Å². The van der Waals surface area contributed by atoms with Crippen molar-refractivity contribution in [2.24, 2.45) is 5.92 Å². The van der Waals surface area contributed by atoms with Crippen molar-refractivity contribution in [3.8, 4) is 0 Å². The second kappa shape index (κ2) is 7.79. The molecule has 2 aliphatic carbocycles. The van der Waals surface area contributed by atoms with Gasteiger partial charge in [0.1, 0.15) is 6.54 Å². The van der Waals surface area contributed by atoms with Gasteiger partial charge in [0.2, 0.25) is 0 Å². The summed E-state index contributed by atoms with van der Waals surface area (Å²) >= 11 is 0. The largest absolute Gasteiger partial charge is 0.454 e. The first-order chi connectivity index (χ1) is 13.4. The Hall–Kier alpha value is -1.39. The Labute approximate surface area is 169 Å². The van der Waals surface area contributed by atoms with Gasteiger partial charge < -0.3 is 14.3 Å². The van der Waals surface area contributed by atoms with E-state index in [-0.39, 0.29) is 12.0 Å². The molecule has 3 fully saturated rings. The quantitative estimate of drug-likeness (QED) is 0.612. The van der Waals surface area contributed by atoms with Crippen LogP contribution in [0.3, 0.4) is 0 Å². The molecule has 1 heterocycles. The highest BCUT2D eigenvalue weighted by atomic mass is 16.6. The average molecular weight is 387 g/mol. The smallest absolute Gasteiger partial charge is 0.343 e. The Balaban J connectivity index is 1.56. The van der Waals surface area contributed by atoms with Gasteiger partial charge in [-0.15, -0.1) is 0 Å². The van der Waals surface area contributed by atoms with Crippen molar-refractivity contribution in [2.45, 2.75) is 75.4 Å². The summed E-state index contributed by atoms with van der Waals surface area (Å²) in [5.41, 5.74) is 0.556. The molecule has 4 nitrogen and oxygen atoms in total. The molecule has 1 aromatic rings. The van der Waals surface area contributed by atoms with Crippen molar-refractivity contribution in [1.82, 2.24) is 0 Å². The van der Waals surface area contributed by atoms with Crippen LogP contribution in [0.1, 0.15) is 74.8 Å². The molecular formula is C24H36NO3+. The van der Waals surface area contributed by atoms with Gasteiger partial charge in [0, 0.05) is 12.3 Å². The van der Waals surface area contributed by atoms with Gasteiger partial charge in [-0.25, -0.2) is 4.79 Å². The minimum atomic E-state index is -1.51. The van der Waals surface area contributed by atoms with E-state index in [1.807, 2.05) is 12.1 Å². The lowest BCUT2D eigenvalue weighted by Crippen LogP contribution is -2.46. The van der Waals surface area contributed by atoms with Crippen LogP contribution in [0.25, 0.3) is 0 Å². The van der Waals surface area contributed by atoms with E-state index in [1.54, 1.807) is 0 Å². The Bertz CT molecular complexity index is 686. The number of rotatable bonds is 5. The molecule has 1 N–H and O–H groups in total. The number of likely N-dealkylation sites (tertiary alicyclic amines) is 1. The summed E-state index contributed by atoms with van der Waals surface area (Å²) in [7, 11) is 4.33. The molecule has 2 saturated carbocycles. The number of carbonyl (C=O) groups is 1. The van der Waals surface area contributed by atoms with Gasteiger partial charge in [0.05, 0.1) is 20.6 Å². The van der Waals surface area contributed by atoms with Crippen molar-refractivity contribution in [2.75, 3.05) is 27.2 Å². The van der Waals surface area contributed by atoms with E-state index in [4.69, 9.17) is 4.74 Å². The summed E-state index contributed by atoms with van der Waals surface area (Å²) in [6.45, 7) is 1.84. The molecule has 4 heteroatoms. The highest BCUT2D eigenvalue weighted by Gasteiger charge is 2.49. The maximum absolute atomic E-state index is 13.3. The molecule has 154 valence electrons. The monoisotopic (exact) mass is 386 g/mol. The molecule has 2 atom stereocenters. The number of benzene rings is 1. The zero-order valence-electron chi connectivity index (χ0n) is 17.5. The van der Waals surface area contributed by atoms with Crippen molar-refractivity contribution in [3.05, 3.63) is 35.4 Å². The van der Waals surface area contributed by atoms with E-state index in [9.17, 15) is 9.90 Å². The number of esters is 1. The van der Waals surface area contributed by atoms with Crippen LogP contribution >= 0.6 is 0 Å². The summed E-state index contributed by atoms with van der Waals surface area (Å²) in [5.74, 6) is 0.167. The lowest BCUT2D eigenvalue weighted by atomic mass is 9.79. The molecule has 4 rings (SSSR count).